The van der Waals surface area contributed by atoms with E-state index in [1.54, 1.807) is 0 Å². The number of aliphatic hydroxyl groups excluding tert-OH is 1. The van der Waals surface area contributed by atoms with Gasteiger partial charge in [0.2, 0.25) is 0 Å². The molecule has 0 radical (unpaired) electrons. The molecule has 0 saturated carbocycles. The van der Waals surface area contributed by atoms with Crippen LogP contribution in [0.1, 0.15) is 53.5 Å². The molecule has 1 aromatic rings. The predicted molar refractivity (Wildman–Crippen MR) is 106 cm³/mol. The maximum absolute atomic E-state index is 8.83. The molecule has 23 heavy (non-hydrogen) atoms. The van der Waals surface area contributed by atoms with Gasteiger partial charge < -0.3 is 10.0 Å². The first-order valence-corrected chi connectivity index (χ1v) is 9.45. The highest BCUT2D eigenvalue weighted by Crippen LogP contribution is 2.20. The minimum Gasteiger partial charge on any atom is -0.396 e. The SMILES string of the molecule is CC.CC.CC.Cc1ccccc1N1CCN(CCCO)CC1. The van der Waals surface area contributed by atoms with E-state index in [1.165, 1.54) is 11.3 Å². The highest BCUT2D eigenvalue weighted by Gasteiger charge is 2.17. The molecule has 1 fully saturated rings. The molecule has 0 unspecified atom stereocenters. The molecule has 1 N–H and O–H groups in total. The second-order valence-corrected chi connectivity index (χ2v) is 4.69. The third kappa shape index (κ3) is 9.62. The van der Waals surface area contributed by atoms with E-state index in [9.17, 15) is 0 Å². The Morgan fingerprint density at radius 3 is 1.87 bits per heavy atom. The smallest absolute Gasteiger partial charge is 0.0443 e. The lowest BCUT2D eigenvalue weighted by molar-refractivity contribution is 0.216. The first kappa shape index (κ1) is 24.2. The summed E-state index contributed by atoms with van der Waals surface area (Å²) in [6, 6.07) is 8.59. The largest absolute Gasteiger partial charge is 0.396 e. The first-order valence-electron chi connectivity index (χ1n) is 9.45. The van der Waals surface area contributed by atoms with Gasteiger partial charge in [0.05, 0.1) is 0 Å². The summed E-state index contributed by atoms with van der Waals surface area (Å²) in [6.07, 6.45) is 0.893. The Balaban J connectivity index is 0. The van der Waals surface area contributed by atoms with Crippen molar-refractivity contribution in [3.63, 3.8) is 0 Å². The quantitative estimate of drug-likeness (QED) is 0.878. The normalized spacial score (nSPS) is 13.7. The molecule has 0 aliphatic carbocycles. The maximum Gasteiger partial charge on any atom is 0.0443 e. The van der Waals surface area contributed by atoms with E-state index in [1.807, 2.05) is 41.5 Å². The molecule has 0 spiro atoms. The van der Waals surface area contributed by atoms with E-state index in [0.717, 1.165) is 39.1 Å². The molecule has 0 atom stereocenters. The number of hydrogen-bond acceptors (Lipinski definition) is 3. The molecule has 1 saturated heterocycles. The Morgan fingerprint density at radius 1 is 0.870 bits per heavy atom. The molecule has 136 valence electrons. The number of hydrogen-bond donors (Lipinski definition) is 1. The van der Waals surface area contributed by atoms with Gasteiger partial charge in [-0.1, -0.05) is 59.7 Å². The topological polar surface area (TPSA) is 26.7 Å². The molecule has 1 aliphatic heterocycles. The van der Waals surface area contributed by atoms with Crippen LogP contribution in [-0.2, 0) is 0 Å². The van der Waals surface area contributed by atoms with E-state index in [-0.39, 0.29) is 0 Å². The molecule has 0 bridgehead atoms. The second kappa shape index (κ2) is 17.3. The summed E-state index contributed by atoms with van der Waals surface area (Å²) in [5.41, 5.74) is 2.73. The molecule has 0 aromatic heterocycles. The van der Waals surface area contributed by atoms with Crippen molar-refractivity contribution < 1.29 is 5.11 Å². The lowest BCUT2D eigenvalue weighted by Gasteiger charge is -2.36. The number of aliphatic hydroxyl groups is 1. The maximum atomic E-state index is 8.83. The number of aryl methyl sites for hydroxylation is 1. The third-order valence-electron chi connectivity index (χ3n) is 3.46. The van der Waals surface area contributed by atoms with Gasteiger partial charge in [-0.3, -0.25) is 4.90 Å². The number of benzene rings is 1. The van der Waals surface area contributed by atoms with Crippen LogP contribution in [0.4, 0.5) is 5.69 Å². The van der Waals surface area contributed by atoms with Crippen LogP contribution in [0.5, 0.6) is 0 Å². The lowest BCUT2D eigenvalue weighted by atomic mass is 10.1. The number of anilines is 1. The van der Waals surface area contributed by atoms with Crippen LogP contribution in [0.15, 0.2) is 24.3 Å². The van der Waals surface area contributed by atoms with Crippen LogP contribution in [0, 0.1) is 6.92 Å². The van der Waals surface area contributed by atoms with Crippen molar-refractivity contribution >= 4 is 5.69 Å². The summed E-state index contributed by atoms with van der Waals surface area (Å²) in [4.78, 5) is 4.90. The summed E-state index contributed by atoms with van der Waals surface area (Å²) in [6.45, 7) is 19.9. The van der Waals surface area contributed by atoms with Gasteiger partial charge in [-0.15, -0.1) is 0 Å². The van der Waals surface area contributed by atoms with Gasteiger partial charge in [0, 0.05) is 45.0 Å². The van der Waals surface area contributed by atoms with Gasteiger partial charge >= 0.3 is 0 Å². The van der Waals surface area contributed by atoms with Crippen LogP contribution >= 0.6 is 0 Å². The van der Waals surface area contributed by atoms with Crippen molar-refractivity contribution in [1.82, 2.24) is 4.90 Å². The third-order valence-corrected chi connectivity index (χ3v) is 3.46. The monoisotopic (exact) mass is 324 g/mol. The summed E-state index contributed by atoms with van der Waals surface area (Å²) >= 11 is 0. The standard InChI is InChI=1S/C14H22N2O.3C2H6/c1-13-5-2-3-6-14(13)16-10-8-15(9-11-16)7-4-12-17;3*1-2/h2-3,5-6,17H,4,7-12H2,1H3;3*1-2H3. The van der Waals surface area contributed by atoms with Crippen molar-refractivity contribution in [3.05, 3.63) is 29.8 Å². The zero-order valence-electron chi connectivity index (χ0n) is 16.6. The van der Waals surface area contributed by atoms with E-state index in [4.69, 9.17) is 5.11 Å². The second-order valence-electron chi connectivity index (χ2n) is 4.69. The van der Waals surface area contributed by atoms with Gasteiger partial charge in [0.25, 0.3) is 0 Å². The summed E-state index contributed by atoms with van der Waals surface area (Å²) < 4.78 is 0. The molecule has 2 rings (SSSR count). The van der Waals surface area contributed by atoms with Gasteiger partial charge in [0.1, 0.15) is 0 Å². The van der Waals surface area contributed by atoms with Gasteiger partial charge in [-0.25, -0.2) is 0 Å². The molecule has 1 aromatic carbocycles. The van der Waals surface area contributed by atoms with Gasteiger partial charge in [0.15, 0.2) is 0 Å². The Hall–Kier alpha value is -1.06. The zero-order valence-corrected chi connectivity index (χ0v) is 16.6. The van der Waals surface area contributed by atoms with Gasteiger partial charge in [-0.05, 0) is 25.0 Å². The highest BCUT2D eigenvalue weighted by molar-refractivity contribution is 5.53. The lowest BCUT2D eigenvalue weighted by Crippen LogP contribution is -2.46. The van der Waals surface area contributed by atoms with Crippen LogP contribution in [0.3, 0.4) is 0 Å². The van der Waals surface area contributed by atoms with Crippen LogP contribution < -0.4 is 4.90 Å². The zero-order chi connectivity index (χ0) is 18.1. The van der Waals surface area contributed by atoms with Crippen molar-refractivity contribution in [2.75, 3.05) is 44.2 Å². The van der Waals surface area contributed by atoms with Gasteiger partial charge in [-0.2, -0.15) is 0 Å². The number of piperazine rings is 1. The molecular weight excluding hydrogens is 284 g/mol. The number of nitrogens with zero attached hydrogens (tertiary/aromatic N) is 2. The molecule has 1 heterocycles. The fourth-order valence-corrected chi connectivity index (χ4v) is 2.42. The Bertz CT molecular complexity index is 347. The Kier molecular flexibility index (Phi) is 18.2. The van der Waals surface area contributed by atoms with E-state index in [0.29, 0.717) is 6.61 Å². The van der Waals surface area contributed by atoms with Crippen LogP contribution in [0.25, 0.3) is 0 Å². The Morgan fingerprint density at radius 2 is 1.39 bits per heavy atom. The van der Waals surface area contributed by atoms with Crippen LogP contribution in [-0.4, -0.2) is 49.3 Å². The van der Waals surface area contributed by atoms with E-state index >= 15 is 0 Å². The fraction of sp³-hybridized carbons (Fsp3) is 0.700. The Labute approximate surface area is 145 Å². The van der Waals surface area contributed by atoms with Crippen molar-refractivity contribution in [2.24, 2.45) is 0 Å². The average molecular weight is 325 g/mol. The minimum atomic E-state index is 0.304. The predicted octanol–water partition coefficient (Wildman–Crippen LogP) is 4.58. The first-order chi connectivity index (χ1) is 11.3. The number of para-hydroxylation sites is 1. The van der Waals surface area contributed by atoms with Crippen LogP contribution in [0.2, 0.25) is 0 Å². The molecule has 3 heteroatoms. The van der Waals surface area contributed by atoms with E-state index in [2.05, 4.69) is 41.0 Å². The summed E-state index contributed by atoms with van der Waals surface area (Å²) in [7, 11) is 0. The van der Waals surface area contributed by atoms with Crippen molar-refractivity contribution in [3.8, 4) is 0 Å². The van der Waals surface area contributed by atoms with Crippen molar-refractivity contribution in [2.45, 2.75) is 54.9 Å². The van der Waals surface area contributed by atoms with E-state index < -0.39 is 0 Å². The molecule has 3 nitrogen and oxygen atoms in total. The number of rotatable bonds is 4. The van der Waals surface area contributed by atoms with Crippen molar-refractivity contribution in [1.29, 1.82) is 0 Å². The summed E-state index contributed by atoms with van der Waals surface area (Å²) in [5.74, 6) is 0. The average Bonchev–Trinajstić information content (AvgIpc) is 2.66. The molecule has 1 aliphatic rings. The molecular formula is C20H40N2O. The summed E-state index contributed by atoms with van der Waals surface area (Å²) in [5, 5.41) is 8.83. The minimum absolute atomic E-state index is 0.304. The highest BCUT2D eigenvalue weighted by atomic mass is 16.3. The fourth-order valence-electron chi connectivity index (χ4n) is 2.42. The molecule has 0 amide bonds.